The number of para-hydroxylation sites is 1. The van der Waals surface area contributed by atoms with E-state index in [1.807, 2.05) is 24.3 Å². The Morgan fingerprint density at radius 3 is 2.47 bits per heavy atom. The molecule has 0 amide bonds. The lowest BCUT2D eigenvalue weighted by atomic mass is 10.2. The Morgan fingerprint density at radius 1 is 1.16 bits per heavy atom. The van der Waals surface area contributed by atoms with Crippen molar-refractivity contribution in [1.29, 1.82) is 0 Å². The number of nitro groups is 1. The maximum absolute atomic E-state index is 11.2. The highest BCUT2D eigenvalue weighted by atomic mass is 79.9. The van der Waals surface area contributed by atoms with Gasteiger partial charge in [-0.2, -0.15) is 0 Å². The Kier molecular flexibility index (Phi) is 4.01. The van der Waals surface area contributed by atoms with E-state index in [1.165, 1.54) is 0 Å². The second-order valence-corrected chi connectivity index (χ2v) is 4.76. The van der Waals surface area contributed by atoms with Gasteiger partial charge in [-0.3, -0.25) is 10.1 Å². The minimum Gasteiger partial charge on any atom is -0.382 e. The standard InChI is InChI=1S/C13H12BrN3O2/c1-15-11-6-3-7-12(13(11)17(18)19)16-10-5-2-4-9(14)8-10/h2-8,15-16H,1H3. The van der Waals surface area contributed by atoms with E-state index in [1.54, 1.807) is 25.2 Å². The summed E-state index contributed by atoms with van der Waals surface area (Å²) in [4.78, 5) is 10.8. The van der Waals surface area contributed by atoms with Crippen molar-refractivity contribution in [3.63, 3.8) is 0 Å². The molecule has 5 nitrogen and oxygen atoms in total. The molecule has 0 aliphatic heterocycles. The van der Waals surface area contributed by atoms with Gasteiger partial charge in [-0.05, 0) is 30.3 Å². The van der Waals surface area contributed by atoms with Crippen LogP contribution in [0.5, 0.6) is 0 Å². The number of halogens is 1. The molecule has 0 saturated carbocycles. The van der Waals surface area contributed by atoms with Gasteiger partial charge in [0, 0.05) is 17.2 Å². The number of hydrogen-bond acceptors (Lipinski definition) is 4. The molecule has 2 aromatic rings. The van der Waals surface area contributed by atoms with Crippen molar-refractivity contribution in [3.05, 3.63) is 57.1 Å². The van der Waals surface area contributed by atoms with Crippen LogP contribution in [0.1, 0.15) is 0 Å². The van der Waals surface area contributed by atoms with E-state index in [2.05, 4.69) is 26.6 Å². The van der Waals surface area contributed by atoms with E-state index in [9.17, 15) is 10.1 Å². The molecule has 0 heterocycles. The zero-order chi connectivity index (χ0) is 13.8. The predicted octanol–water partition coefficient (Wildman–Crippen LogP) is 4.14. The number of anilines is 3. The van der Waals surface area contributed by atoms with Crippen LogP contribution in [-0.4, -0.2) is 12.0 Å². The smallest absolute Gasteiger partial charge is 0.315 e. The summed E-state index contributed by atoms with van der Waals surface area (Å²) in [5.41, 5.74) is 1.75. The summed E-state index contributed by atoms with van der Waals surface area (Å²) >= 11 is 3.36. The molecule has 0 bridgehead atoms. The first-order valence-corrected chi connectivity index (χ1v) is 6.39. The molecular weight excluding hydrogens is 310 g/mol. The molecule has 0 spiro atoms. The minimum absolute atomic E-state index is 0.0324. The third kappa shape index (κ3) is 3.03. The van der Waals surface area contributed by atoms with Gasteiger partial charge in [0.05, 0.1) is 4.92 Å². The molecule has 2 aromatic carbocycles. The Labute approximate surface area is 118 Å². The summed E-state index contributed by atoms with van der Waals surface area (Å²) in [6.07, 6.45) is 0. The maximum Gasteiger partial charge on any atom is 0.315 e. The van der Waals surface area contributed by atoms with Gasteiger partial charge in [-0.1, -0.05) is 28.1 Å². The van der Waals surface area contributed by atoms with E-state index in [4.69, 9.17) is 0 Å². The Bertz CT molecular complexity index is 617. The van der Waals surface area contributed by atoms with Crippen LogP contribution in [0, 0.1) is 10.1 Å². The van der Waals surface area contributed by atoms with Crippen LogP contribution < -0.4 is 10.6 Å². The van der Waals surface area contributed by atoms with Crippen molar-refractivity contribution >= 4 is 38.7 Å². The predicted molar refractivity (Wildman–Crippen MR) is 80.1 cm³/mol. The molecular formula is C13H12BrN3O2. The fourth-order valence-electron chi connectivity index (χ4n) is 1.76. The number of rotatable bonds is 4. The monoisotopic (exact) mass is 321 g/mol. The van der Waals surface area contributed by atoms with Gasteiger partial charge in [0.25, 0.3) is 0 Å². The van der Waals surface area contributed by atoms with Gasteiger partial charge in [0.1, 0.15) is 11.4 Å². The number of nitrogens with zero attached hydrogens (tertiary/aromatic N) is 1. The summed E-state index contributed by atoms with van der Waals surface area (Å²) < 4.78 is 0.907. The average Bonchev–Trinajstić information content (AvgIpc) is 2.38. The van der Waals surface area contributed by atoms with Gasteiger partial charge in [-0.25, -0.2) is 0 Å². The van der Waals surface area contributed by atoms with Crippen molar-refractivity contribution in [1.82, 2.24) is 0 Å². The number of nitro benzene ring substituents is 1. The molecule has 0 unspecified atom stereocenters. The second-order valence-electron chi connectivity index (χ2n) is 3.84. The van der Waals surface area contributed by atoms with Gasteiger partial charge in [-0.15, -0.1) is 0 Å². The van der Waals surface area contributed by atoms with Gasteiger partial charge in [0.15, 0.2) is 0 Å². The highest BCUT2D eigenvalue weighted by Gasteiger charge is 2.18. The van der Waals surface area contributed by atoms with Crippen LogP contribution in [0.2, 0.25) is 0 Å². The molecule has 0 atom stereocenters. The molecule has 2 rings (SSSR count). The molecule has 0 aromatic heterocycles. The van der Waals surface area contributed by atoms with Crippen molar-refractivity contribution < 1.29 is 4.92 Å². The Hall–Kier alpha value is -2.08. The van der Waals surface area contributed by atoms with Gasteiger partial charge >= 0.3 is 5.69 Å². The second kappa shape index (κ2) is 5.71. The number of benzene rings is 2. The van der Waals surface area contributed by atoms with Gasteiger partial charge < -0.3 is 10.6 Å². The SMILES string of the molecule is CNc1cccc(Nc2cccc(Br)c2)c1[N+](=O)[O-]. The number of nitrogens with one attached hydrogen (secondary N) is 2. The summed E-state index contributed by atoms with van der Waals surface area (Å²) in [5.74, 6) is 0. The van der Waals surface area contributed by atoms with Crippen LogP contribution >= 0.6 is 15.9 Å². The number of hydrogen-bond donors (Lipinski definition) is 2. The average molecular weight is 322 g/mol. The normalized spacial score (nSPS) is 10.0. The lowest BCUT2D eigenvalue weighted by Crippen LogP contribution is -2.01. The first-order valence-electron chi connectivity index (χ1n) is 5.59. The third-order valence-electron chi connectivity index (χ3n) is 2.59. The zero-order valence-corrected chi connectivity index (χ0v) is 11.8. The lowest BCUT2D eigenvalue weighted by Gasteiger charge is -2.10. The van der Waals surface area contributed by atoms with Crippen LogP contribution in [0.25, 0.3) is 0 Å². The molecule has 2 N–H and O–H groups in total. The van der Waals surface area contributed by atoms with E-state index in [0.717, 1.165) is 10.2 Å². The Balaban J connectivity index is 2.42. The molecule has 6 heteroatoms. The molecule has 98 valence electrons. The zero-order valence-electron chi connectivity index (χ0n) is 10.2. The fraction of sp³-hybridized carbons (Fsp3) is 0.0769. The van der Waals surface area contributed by atoms with Crippen molar-refractivity contribution in [2.75, 3.05) is 17.7 Å². The van der Waals surface area contributed by atoms with Crippen LogP contribution in [-0.2, 0) is 0 Å². The summed E-state index contributed by atoms with van der Waals surface area (Å²) in [5, 5.41) is 17.1. The minimum atomic E-state index is -0.397. The fourth-order valence-corrected chi connectivity index (χ4v) is 2.16. The van der Waals surface area contributed by atoms with Crippen LogP contribution in [0.4, 0.5) is 22.7 Å². The third-order valence-corrected chi connectivity index (χ3v) is 3.08. The topological polar surface area (TPSA) is 67.2 Å². The first-order chi connectivity index (χ1) is 9.11. The van der Waals surface area contributed by atoms with E-state index in [-0.39, 0.29) is 5.69 Å². The van der Waals surface area contributed by atoms with Crippen molar-refractivity contribution in [3.8, 4) is 0 Å². The first kappa shape index (κ1) is 13.4. The molecule has 0 aliphatic carbocycles. The molecule has 0 aliphatic rings. The van der Waals surface area contributed by atoms with E-state index < -0.39 is 4.92 Å². The highest BCUT2D eigenvalue weighted by Crippen LogP contribution is 2.34. The molecule has 0 fully saturated rings. The summed E-state index contributed by atoms with van der Waals surface area (Å²) in [6, 6.07) is 12.6. The highest BCUT2D eigenvalue weighted by molar-refractivity contribution is 9.10. The summed E-state index contributed by atoms with van der Waals surface area (Å²) in [6.45, 7) is 0. The maximum atomic E-state index is 11.2. The van der Waals surface area contributed by atoms with Gasteiger partial charge in [0.2, 0.25) is 0 Å². The quantitative estimate of drug-likeness (QED) is 0.656. The van der Waals surface area contributed by atoms with Crippen LogP contribution in [0.3, 0.4) is 0 Å². The van der Waals surface area contributed by atoms with Crippen LogP contribution in [0.15, 0.2) is 46.9 Å². The molecule has 19 heavy (non-hydrogen) atoms. The lowest BCUT2D eigenvalue weighted by molar-refractivity contribution is -0.383. The summed E-state index contributed by atoms with van der Waals surface area (Å²) in [7, 11) is 1.66. The van der Waals surface area contributed by atoms with E-state index in [0.29, 0.717) is 11.4 Å². The Morgan fingerprint density at radius 2 is 1.84 bits per heavy atom. The molecule has 0 radical (unpaired) electrons. The largest absolute Gasteiger partial charge is 0.382 e. The van der Waals surface area contributed by atoms with E-state index >= 15 is 0 Å². The molecule has 0 saturated heterocycles. The van der Waals surface area contributed by atoms with Crippen molar-refractivity contribution in [2.24, 2.45) is 0 Å². The van der Waals surface area contributed by atoms with Crippen molar-refractivity contribution in [2.45, 2.75) is 0 Å².